The number of aromatic carboxylic acids is 1. The molecule has 1 atom stereocenters. The predicted molar refractivity (Wildman–Crippen MR) is 150 cm³/mol. The van der Waals surface area contributed by atoms with Gasteiger partial charge in [0.2, 0.25) is 10.0 Å². The number of hydrogen-bond donors (Lipinski definition) is 3. The molecule has 0 amide bonds. The second-order valence-electron chi connectivity index (χ2n) is 8.99. The van der Waals surface area contributed by atoms with Crippen LogP contribution in [0.25, 0.3) is 10.9 Å². The molecule has 0 aliphatic rings. The minimum Gasteiger partial charge on any atom is -0.481 e. The SMILES string of the molecule is CC#CCOc1ccc(S(=O)(=O)NC(Cc2cn(Cc3ccccc3C#N)c3ccc(C(=O)O)cc23)C(=O)O)cc1. The number of sulfonamides is 1. The number of nitrogens with one attached hydrogen (secondary N) is 1. The molecule has 0 aliphatic carbocycles. The molecule has 3 N–H and O–H groups in total. The number of carboxylic acids is 2. The highest BCUT2D eigenvalue weighted by Gasteiger charge is 2.27. The van der Waals surface area contributed by atoms with Crippen molar-refractivity contribution in [3.63, 3.8) is 0 Å². The van der Waals surface area contributed by atoms with Gasteiger partial charge in [0.15, 0.2) is 0 Å². The lowest BCUT2D eigenvalue weighted by Gasteiger charge is -2.15. The van der Waals surface area contributed by atoms with Gasteiger partial charge in [0.05, 0.1) is 22.1 Å². The number of rotatable bonds is 11. The van der Waals surface area contributed by atoms with E-state index < -0.39 is 28.0 Å². The van der Waals surface area contributed by atoms with Gasteiger partial charge in [0.1, 0.15) is 18.4 Å². The molecule has 1 heterocycles. The van der Waals surface area contributed by atoms with Gasteiger partial charge in [-0.15, -0.1) is 5.92 Å². The molecule has 0 spiro atoms. The number of benzene rings is 3. The quantitative estimate of drug-likeness (QED) is 0.230. The molecule has 0 saturated heterocycles. The number of nitriles is 1. The fourth-order valence-electron chi connectivity index (χ4n) is 4.31. The smallest absolute Gasteiger partial charge is 0.335 e. The monoisotopic (exact) mass is 571 g/mol. The number of fused-ring (bicyclic) bond motifs is 1. The second kappa shape index (κ2) is 12.4. The first-order valence-corrected chi connectivity index (χ1v) is 13.8. The van der Waals surface area contributed by atoms with Crippen molar-refractivity contribution in [2.45, 2.75) is 30.8 Å². The molecule has 11 heteroatoms. The zero-order chi connectivity index (χ0) is 29.6. The van der Waals surface area contributed by atoms with E-state index in [4.69, 9.17) is 4.74 Å². The third-order valence-corrected chi connectivity index (χ3v) is 7.82. The van der Waals surface area contributed by atoms with Crippen molar-refractivity contribution in [3.8, 4) is 23.7 Å². The first kappa shape index (κ1) is 28.9. The highest BCUT2D eigenvalue weighted by atomic mass is 32.2. The molecular formula is C30H25N3O7S. The van der Waals surface area contributed by atoms with Gasteiger partial charge >= 0.3 is 11.9 Å². The maximum absolute atomic E-state index is 13.1. The van der Waals surface area contributed by atoms with Crippen molar-refractivity contribution >= 4 is 32.9 Å². The Morgan fingerprint density at radius 3 is 2.44 bits per heavy atom. The van der Waals surface area contributed by atoms with Gasteiger partial charge in [0.25, 0.3) is 0 Å². The normalized spacial score (nSPS) is 11.7. The maximum Gasteiger partial charge on any atom is 0.335 e. The Labute approximate surface area is 236 Å². The summed E-state index contributed by atoms with van der Waals surface area (Å²) in [5.74, 6) is 3.25. The van der Waals surface area contributed by atoms with Crippen LogP contribution in [0.2, 0.25) is 0 Å². The van der Waals surface area contributed by atoms with E-state index >= 15 is 0 Å². The van der Waals surface area contributed by atoms with Gasteiger partial charge in [-0.1, -0.05) is 24.1 Å². The number of ether oxygens (including phenoxy) is 1. The van der Waals surface area contributed by atoms with Crippen molar-refractivity contribution in [1.82, 2.24) is 9.29 Å². The van der Waals surface area contributed by atoms with E-state index in [1.54, 1.807) is 48.0 Å². The number of hydrogen-bond acceptors (Lipinski definition) is 6. The molecule has 4 aromatic rings. The van der Waals surface area contributed by atoms with Crippen LogP contribution in [-0.2, 0) is 27.8 Å². The van der Waals surface area contributed by atoms with E-state index in [1.807, 2.05) is 0 Å². The van der Waals surface area contributed by atoms with Gasteiger partial charge in [-0.2, -0.15) is 9.98 Å². The maximum atomic E-state index is 13.1. The first-order valence-electron chi connectivity index (χ1n) is 12.3. The van der Waals surface area contributed by atoms with Crippen LogP contribution in [0.1, 0.15) is 34.0 Å². The Balaban J connectivity index is 1.66. The molecule has 0 radical (unpaired) electrons. The molecule has 1 unspecified atom stereocenters. The van der Waals surface area contributed by atoms with E-state index in [9.17, 15) is 33.5 Å². The van der Waals surface area contributed by atoms with E-state index in [0.717, 1.165) is 0 Å². The van der Waals surface area contributed by atoms with Crippen LogP contribution in [0.3, 0.4) is 0 Å². The molecule has 4 rings (SSSR count). The second-order valence-corrected chi connectivity index (χ2v) is 10.7. The molecular weight excluding hydrogens is 546 g/mol. The number of carbonyl (C=O) groups is 2. The van der Waals surface area contributed by atoms with Gasteiger partial charge in [0, 0.05) is 30.1 Å². The van der Waals surface area contributed by atoms with E-state index in [0.29, 0.717) is 33.3 Å². The Bertz CT molecular complexity index is 1830. The predicted octanol–water partition coefficient (Wildman–Crippen LogP) is 3.64. The summed E-state index contributed by atoms with van der Waals surface area (Å²) in [6.07, 6.45) is 1.39. The fourth-order valence-corrected chi connectivity index (χ4v) is 5.50. The standard InChI is InChI=1S/C30H25N3O7S/c1-2-3-14-40-24-9-11-25(12-10-24)41(38,39)32-27(30(36)37)16-23-19-33(18-22-7-5-4-6-21(22)17-31)28-13-8-20(29(34)35)15-26(23)28/h4-13,15,19,27,32H,14,16,18H2,1H3,(H,34,35)(H,36,37). The van der Waals surface area contributed by atoms with Crippen molar-refractivity contribution in [2.75, 3.05) is 6.61 Å². The fraction of sp³-hybridized carbons (Fsp3) is 0.167. The van der Waals surface area contributed by atoms with Crippen molar-refractivity contribution < 1.29 is 33.0 Å². The summed E-state index contributed by atoms with van der Waals surface area (Å²) < 4.78 is 35.6. The Hall–Kier alpha value is -5.10. The lowest BCUT2D eigenvalue weighted by atomic mass is 10.0. The average molecular weight is 572 g/mol. The largest absolute Gasteiger partial charge is 0.481 e. The zero-order valence-electron chi connectivity index (χ0n) is 21.9. The molecule has 208 valence electrons. The lowest BCUT2D eigenvalue weighted by Crippen LogP contribution is -2.42. The molecule has 41 heavy (non-hydrogen) atoms. The summed E-state index contributed by atoms with van der Waals surface area (Å²) in [5, 5.41) is 29.4. The van der Waals surface area contributed by atoms with Gasteiger partial charge in [-0.05, 0) is 66.6 Å². The van der Waals surface area contributed by atoms with Crippen molar-refractivity contribution in [3.05, 3.63) is 95.2 Å². The van der Waals surface area contributed by atoms with Crippen molar-refractivity contribution in [1.29, 1.82) is 5.26 Å². The van der Waals surface area contributed by atoms with Crippen LogP contribution in [0.15, 0.2) is 77.8 Å². The average Bonchev–Trinajstić information content (AvgIpc) is 3.29. The van der Waals surface area contributed by atoms with Crippen LogP contribution in [0, 0.1) is 23.2 Å². The van der Waals surface area contributed by atoms with E-state index in [-0.39, 0.29) is 30.0 Å². The zero-order valence-corrected chi connectivity index (χ0v) is 22.7. The van der Waals surface area contributed by atoms with Gasteiger partial charge < -0.3 is 19.5 Å². The molecule has 0 fully saturated rings. The molecule has 3 aromatic carbocycles. The third kappa shape index (κ3) is 6.73. The highest BCUT2D eigenvalue weighted by Crippen LogP contribution is 2.27. The lowest BCUT2D eigenvalue weighted by molar-refractivity contribution is -0.138. The topological polar surface area (TPSA) is 159 Å². The van der Waals surface area contributed by atoms with Crippen LogP contribution in [0.5, 0.6) is 5.75 Å². The summed E-state index contributed by atoms with van der Waals surface area (Å²) in [6.45, 7) is 2.07. The summed E-state index contributed by atoms with van der Waals surface area (Å²) in [5.41, 5.74) is 2.20. The summed E-state index contributed by atoms with van der Waals surface area (Å²) in [4.78, 5) is 23.7. The van der Waals surface area contributed by atoms with Crippen LogP contribution < -0.4 is 9.46 Å². The number of carboxylic acid groups (broad SMARTS) is 2. The Morgan fingerprint density at radius 1 is 1.05 bits per heavy atom. The Kier molecular flexibility index (Phi) is 8.73. The highest BCUT2D eigenvalue weighted by molar-refractivity contribution is 7.89. The minimum absolute atomic E-state index is 0.00592. The van der Waals surface area contributed by atoms with Gasteiger partial charge in [-0.25, -0.2) is 13.2 Å². The Morgan fingerprint density at radius 2 is 1.78 bits per heavy atom. The molecule has 0 bridgehead atoms. The number of aliphatic carboxylic acids is 1. The third-order valence-electron chi connectivity index (χ3n) is 6.33. The first-order chi connectivity index (χ1) is 19.6. The molecule has 0 saturated carbocycles. The summed E-state index contributed by atoms with van der Waals surface area (Å²) in [7, 11) is -4.24. The number of aromatic nitrogens is 1. The number of nitrogens with zero attached hydrogens (tertiary/aromatic N) is 2. The summed E-state index contributed by atoms with van der Waals surface area (Å²) >= 11 is 0. The van der Waals surface area contributed by atoms with Crippen LogP contribution in [-0.4, -0.2) is 47.8 Å². The molecule has 1 aromatic heterocycles. The summed E-state index contributed by atoms with van der Waals surface area (Å²) in [6, 6.07) is 17.5. The van der Waals surface area contributed by atoms with E-state index in [2.05, 4.69) is 22.6 Å². The van der Waals surface area contributed by atoms with Crippen LogP contribution >= 0.6 is 0 Å². The van der Waals surface area contributed by atoms with E-state index in [1.165, 1.54) is 36.4 Å². The van der Waals surface area contributed by atoms with Gasteiger partial charge in [-0.3, -0.25) is 4.79 Å². The van der Waals surface area contributed by atoms with Crippen LogP contribution in [0.4, 0.5) is 0 Å². The molecule has 0 aliphatic heterocycles. The molecule has 10 nitrogen and oxygen atoms in total. The van der Waals surface area contributed by atoms with Crippen molar-refractivity contribution in [2.24, 2.45) is 0 Å². The minimum atomic E-state index is -4.24.